The zero-order valence-electron chi connectivity index (χ0n) is 11.6. The molecule has 6 nitrogen and oxygen atoms in total. The summed E-state index contributed by atoms with van der Waals surface area (Å²) in [6.07, 6.45) is 0. The monoisotopic (exact) mass is 342 g/mol. The van der Waals surface area contributed by atoms with Crippen LogP contribution >= 0.6 is 0 Å². The minimum Gasteiger partial charge on any atom is -0.379 e. The van der Waals surface area contributed by atoms with Gasteiger partial charge in [0.15, 0.2) is 0 Å². The van der Waals surface area contributed by atoms with Gasteiger partial charge >= 0.3 is 10.1 Å². The lowest BCUT2D eigenvalue weighted by atomic mass is 10.2. The molecule has 118 valence electrons. The Bertz CT molecular complexity index is 840. The lowest BCUT2D eigenvalue weighted by molar-refractivity contribution is 0.471. The first-order valence-corrected chi connectivity index (χ1v) is 9.17. The van der Waals surface area contributed by atoms with E-state index in [2.05, 4.69) is 0 Å². The van der Waals surface area contributed by atoms with Gasteiger partial charge in [0.2, 0.25) is 0 Å². The summed E-state index contributed by atoms with van der Waals surface area (Å²) in [5.41, 5.74) is 0.326. The standard InChI is InChI=1S/C14H14O6S2/c1-11(21(15,16)17)12-7-9-13(10-8-12)20-22(18,19)14-5-3-2-4-6-14/h2-11H,1H3,(H,15,16,17). The molecular weight excluding hydrogens is 328 g/mol. The molecule has 22 heavy (non-hydrogen) atoms. The van der Waals surface area contributed by atoms with Gasteiger partial charge in [0.05, 0.1) is 0 Å². The molecule has 2 aromatic carbocycles. The molecule has 2 aromatic rings. The molecule has 0 radical (unpaired) electrons. The minimum absolute atomic E-state index is 0.0189. The fourth-order valence-corrected chi connectivity index (χ4v) is 3.18. The van der Waals surface area contributed by atoms with E-state index in [0.29, 0.717) is 5.56 Å². The molecule has 0 aliphatic carbocycles. The number of benzene rings is 2. The second-order valence-electron chi connectivity index (χ2n) is 4.58. The van der Waals surface area contributed by atoms with Crippen molar-refractivity contribution in [2.45, 2.75) is 17.1 Å². The second kappa shape index (κ2) is 6.07. The van der Waals surface area contributed by atoms with E-state index in [1.165, 1.54) is 43.3 Å². The first-order valence-electron chi connectivity index (χ1n) is 6.26. The molecule has 0 saturated carbocycles. The highest BCUT2D eigenvalue weighted by Gasteiger charge is 2.20. The molecule has 0 aromatic heterocycles. The van der Waals surface area contributed by atoms with Crippen LogP contribution in [0, 0.1) is 0 Å². The molecule has 0 aliphatic rings. The van der Waals surface area contributed by atoms with Gasteiger partial charge < -0.3 is 4.18 Å². The van der Waals surface area contributed by atoms with Gasteiger partial charge in [-0.05, 0) is 36.8 Å². The topological polar surface area (TPSA) is 97.7 Å². The summed E-state index contributed by atoms with van der Waals surface area (Å²) in [7, 11) is -8.15. The van der Waals surface area contributed by atoms with Gasteiger partial charge in [-0.1, -0.05) is 30.3 Å². The van der Waals surface area contributed by atoms with Gasteiger partial charge in [-0.15, -0.1) is 0 Å². The van der Waals surface area contributed by atoms with Crippen LogP contribution < -0.4 is 4.18 Å². The van der Waals surface area contributed by atoms with Crippen LogP contribution in [0.1, 0.15) is 17.7 Å². The van der Waals surface area contributed by atoms with Gasteiger partial charge in [0.1, 0.15) is 15.9 Å². The fourth-order valence-electron chi connectivity index (χ4n) is 1.73. The van der Waals surface area contributed by atoms with Crippen molar-refractivity contribution in [3.8, 4) is 5.75 Å². The molecule has 0 bridgehead atoms. The zero-order chi connectivity index (χ0) is 16.4. The van der Waals surface area contributed by atoms with Crippen LogP contribution in [0.4, 0.5) is 0 Å². The minimum atomic E-state index is -4.21. The van der Waals surface area contributed by atoms with Crippen molar-refractivity contribution < 1.29 is 25.6 Å². The fraction of sp³-hybridized carbons (Fsp3) is 0.143. The van der Waals surface area contributed by atoms with Crippen molar-refractivity contribution in [1.82, 2.24) is 0 Å². The molecule has 1 N–H and O–H groups in total. The average molecular weight is 342 g/mol. The molecule has 0 aliphatic heterocycles. The lowest BCUT2D eigenvalue weighted by Crippen LogP contribution is -2.10. The maximum atomic E-state index is 12.0. The Morgan fingerprint density at radius 2 is 1.45 bits per heavy atom. The maximum Gasteiger partial charge on any atom is 0.339 e. The van der Waals surface area contributed by atoms with E-state index in [4.69, 9.17) is 8.74 Å². The van der Waals surface area contributed by atoms with Crippen LogP contribution in [0.5, 0.6) is 5.75 Å². The average Bonchev–Trinajstić information content (AvgIpc) is 2.47. The van der Waals surface area contributed by atoms with Gasteiger partial charge in [0, 0.05) is 0 Å². The zero-order valence-corrected chi connectivity index (χ0v) is 13.2. The largest absolute Gasteiger partial charge is 0.379 e. The molecular formula is C14H14O6S2. The summed E-state index contributed by atoms with van der Waals surface area (Å²) in [6.45, 7) is 1.33. The van der Waals surface area contributed by atoms with Gasteiger partial charge in [-0.3, -0.25) is 4.55 Å². The molecule has 1 atom stereocenters. The highest BCUT2D eigenvalue weighted by Crippen LogP contribution is 2.24. The molecule has 1 unspecified atom stereocenters. The normalized spacial score (nSPS) is 13.5. The molecule has 8 heteroatoms. The van der Waals surface area contributed by atoms with E-state index in [1.807, 2.05) is 0 Å². The third-order valence-corrected chi connectivity index (χ3v) is 5.46. The highest BCUT2D eigenvalue weighted by molar-refractivity contribution is 7.87. The highest BCUT2D eigenvalue weighted by atomic mass is 32.2. The Labute approximate surface area is 129 Å². The van der Waals surface area contributed by atoms with Crippen LogP contribution in [0.2, 0.25) is 0 Å². The van der Waals surface area contributed by atoms with Crippen molar-refractivity contribution in [3.63, 3.8) is 0 Å². The lowest BCUT2D eigenvalue weighted by Gasteiger charge is -2.10. The van der Waals surface area contributed by atoms with Crippen molar-refractivity contribution in [2.24, 2.45) is 0 Å². The summed E-state index contributed by atoms with van der Waals surface area (Å²) in [4.78, 5) is 0.0189. The van der Waals surface area contributed by atoms with Crippen LogP contribution in [0.3, 0.4) is 0 Å². The molecule has 0 amide bonds. The smallest absolute Gasteiger partial charge is 0.339 e. The third kappa shape index (κ3) is 3.85. The number of hydrogen-bond acceptors (Lipinski definition) is 5. The summed E-state index contributed by atoms with van der Waals surface area (Å²) in [5, 5.41) is -1.10. The molecule has 0 spiro atoms. The van der Waals surface area contributed by atoms with E-state index in [-0.39, 0.29) is 10.6 Å². The Balaban J connectivity index is 2.22. The van der Waals surface area contributed by atoms with E-state index < -0.39 is 25.5 Å². The maximum absolute atomic E-state index is 12.0. The Morgan fingerprint density at radius 1 is 0.909 bits per heavy atom. The van der Waals surface area contributed by atoms with Crippen LogP contribution in [0.15, 0.2) is 59.5 Å². The van der Waals surface area contributed by atoms with Crippen molar-refractivity contribution in [1.29, 1.82) is 0 Å². The summed E-state index contributed by atoms with van der Waals surface area (Å²) >= 11 is 0. The Kier molecular flexibility index (Phi) is 4.55. The van der Waals surface area contributed by atoms with E-state index >= 15 is 0 Å². The molecule has 0 heterocycles. The summed E-state index contributed by atoms with van der Waals surface area (Å²) in [6, 6.07) is 13.1. The SMILES string of the molecule is CC(c1ccc(OS(=O)(=O)c2ccccc2)cc1)S(=O)(=O)O. The Hall–Kier alpha value is -1.90. The van der Waals surface area contributed by atoms with Gasteiger partial charge in [-0.2, -0.15) is 16.8 Å². The van der Waals surface area contributed by atoms with Crippen LogP contribution in [-0.2, 0) is 20.2 Å². The van der Waals surface area contributed by atoms with E-state index in [0.717, 1.165) is 0 Å². The van der Waals surface area contributed by atoms with Gasteiger partial charge in [-0.25, -0.2) is 0 Å². The van der Waals surface area contributed by atoms with Crippen molar-refractivity contribution >= 4 is 20.2 Å². The van der Waals surface area contributed by atoms with Crippen molar-refractivity contribution in [2.75, 3.05) is 0 Å². The summed E-state index contributed by atoms with van der Waals surface area (Å²) in [5.74, 6) is 0.0511. The summed E-state index contributed by atoms with van der Waals surface area (Å²) < 4.78 is 60.1. The third-order valence-electron chi connectivity index (χ3n) is 3.03. The predicted octanol–water partition coefficient (Wildman–Crippen LogP) is 2.40. The first kappa shape index (κ1) is 16.5. The molecule has 0 saturated heterocycles. The predicted molar refractivity (Wildman–Crippen MR) is 80.7 cm³/mol. The van der Waals surface area contributed by atoms with Crippen molar-refractivity contribution in [3.05, 3.63) is 60.2 Å². The number of rotatable bonds is 5. The van der Waals surface area contributed by atoms with Crippen LogP contribution in [-0.4, -0.2) is 21.4 Å². The quantitative estimate of drug-likeness (QED) is 0.662. The molecule has 2 rings (SSSR count). The van der Waals surface area contributed by atoms with E-state index in [1.54, 1.807) is 18.2 Å². The first-order chi connectivity index (χ1) is 10.2. The van der Waals surface area contributed by atoms with Crippen LogP contribution in [0.25, 0.3) is 0 Å². The van der Waals surface area contributed by atoms with E-state index in [9.17, 15) is 16.8 Å². The number of hydrogen-bond donors (Lipinski definition) is 1. The Morgan fingerprint density at radius 3 is 1.95 bits per heavy atom. The molecule has 0 fully saturated rings. The second-order valence-corrected chi connectivity index (χ2v) is 7.86. The van der Waals surface area contributed by atoms with Gasteiger partial charge in [0.25, 0.3) is 10.1 Å².